The van der Waals surface area contributed by atoms with Gasteiger partial charge in [-0.15, -0.1) is 0 Å². The van der Waals surface area contributed by atoms with Gasteiger partial charge in [0.2, 0.25) is 0 Å². The number of hydrogen-bond acceptors (Lipinski definition) is 2. The van der Waals surface area contributed by atoms with Crippen molar-refractivity contribution in [3.8, 4) is 5.75 Å². The van der Waals surface area contributed by atoms with Gasteiger partial charge in [0.25, 0.3) is 0 Å². The monoisotopic (exact) mass is 412 g/mol. The first-order valence-corrected chi connectivity index (χ1v) is 9.78. The molecule has 0 heterocycles. The fourth-order valence-electron chi connectivity index (χ4n) is 3.44. The minimum atomic E-state index is -0.618. The molecule has 0 amide bonds. The van der Waals surface area contributed by atoms with Crippen molar-refractivity contribution in [1.29, 1.82) is 0 Å². The molecule has 3 aromatic carbocycles. The van der Waals surface area contributed by atoms with Crippen molar-refractivity contribution < 1.29 is 22.7 Å². The summed E-state index contributed by atoms with van der Waals surface area (Å²) in [6, 6.07) is 13.6. The molecule has 0 aliphatic rings. The summed E-state index contributed by atoms with van der Waals surface area (Å²) in [5.41, 5.74) is 3.82. The molecule has 0 spiro atoms. The molecule has 2 nitrogen and oxygen atoms in total. The maximum atomic E-state index is 14.5. The van der Waals surface area contributed by atoms with Gasteiger partial charge in [-0.2, -0.15) is 0 Å². The first-order valence-electron chi connectivity index (χ1n) is 9.78. The summed E-state index contributed by atoms with van der Waals surface area (Å²) in [5, 5.41) is 0. The van der Waals surface area contributed by atoms with Crippen LogP contribution in [-0.2, 0) is 0 Å². The number of rotatable bonds is 8. The molecular formula is C25H23F3O2. The Hall–Kier alpha value is -3.08. The maximum absolute atomic E-state index is 14.5. The van der Waals surface area contributed by atoms with Crippen molar-refractivity contribution in [2.24, 2.45) is 0 Å². The Labute approximate surface area is 174 Å². The summed E-state index contributed by atoms with van der Waals surface area (Å²) in [6.45, 7) is 4.22. The standard InChI is InChI=1S/C25H23F3O2/c1-16-5-7-19(12-17(16)2)21(22-9-8-20(26)14-23(22)27)4-3-11-30-25-10-6-18(15-29)13-24(25)28/h5-10,12-15,21H,3-4,11H2,1-2H3/t21-/m1/s1. The van der Waals surface area contributed by atoms with Crippen LogP contribution in [0.25, 0.3) is 0 Å². The molecule has 0 aliphatic heterocycles. The Morgan fingerprint density at radius 3 is 2.37 bits per heavy atom. The van der Waals surface area contributed by atoms with Gasteiger partial charge >= 0.3 is 0 Å². The lowest BCUT2D eigenvalue weighted by molar-refractivity contribution is 0.112. The Morgan fingerprint density at radius 1 is 0.900 bits per heavy atom. The van der Waals surface area contributed by atoms with Crippen LogP contribution in [-0.4, -0.2) is 12.9 Å². The highest BCUT2D eigenvalue weighted by atomic mass is 19.1. The highest BCUT2D eigenvalue weighted by Crippen LogP contribution is 2.32. The molecule has 0 fully saturated rings. The molecule has 5 heteroatoms. The van der Waals surface area contributed by atoms with Gasteiger partial charge in [0, 0.05) is 17.5 Å². The summed E-state index contributed by atoms with van der Waals surface area (Å²) in [7, 11) is 0. The highest BCUT2D eigenvalue weighted by molar-refractivity contribution is 5.74. The van der Waals surface area contributed by atoms with Crippen LogP contribution in [0.15, 0.2) is 54.6 Å². The second-order valence-electron chi connectivity index (χ2n) is 7.36. The van der Waals surface area contributed by atoms with Crippen LogP contribution in [0.2, 0.25) is 0 Å². The maximum Gasteiger partial charge on any atom is 0.165 e. The van der Waals surface area contributed by atoms with Gasteiger partial charge in [-0.05, 0) is 73.2 Å². The van der Waals surface area contributed by atoms with E-state index >= 15 is 0 Å². The van der Waals surface area contributed by atoms with E-state index < -0.39 is 17.5 Å². The van der Waals surface area contributed by atoms with Crippen molar-refractivity contribution in [2.45, 2.75) is 32.6 Å². The molecule has 0 unspecified atom stereocenters. The average molecular weight is 412 g/mol. The zero-order valence-corrected chi connectivity index (χ0v) is 16.9. The van der Waals surface area contributed by atoms with E-state index in [1.807, 2.05) is 32.0 Å². The number of aryl methyl sites for hydroxylation is 2. The third-order valence-corrected chi connectivity index (χ3v) is 5.26. The lowest BCUT2D eigenvalue weighted by Gasteiger charge is -2.20. The van der Waals surface area contributed by atoms with E-state index in [9.17, 15) is 18.0 Å². The predicted octanol–water partition coefficient (Wildman–Crippen LogP) is 6.52. The third-order valence-electron chi connectivity index (χ3n) is 5.26. The molecule has 0 saturated carbocycles. The fourth-order valence-corrected chi connectivity index (χ4v) is 3.44. The fraction of sp³-hybridized carbons (Fsp3) is 0.240. The SMILES string of the molecule is Cc1ccc([C@@H](CCCOc2ccc(C=O)cc2F)c2ccc(F)cc2F)cc1C. The van der Waals surface area contributed by atoms with Crippen molar-refractivity contribution in [1.82, 2.24) is 0 Å². The van der Waals surface area contributed by atoms with Crippen LogP contribution in [0.4, 0.5) is 13.2 Å². The van der Waals surface area contributed by atoms with E-state index in [0.29, 0.717) is 24.7 Å². The van der Waals surface area contributed by atoms with Crippen LogP contribution in [0.5, 0.6) is 5.75 Å². The predicted molar refractivity (Wildman–Crippen MR) is 111 cm³/mol. The van der Waals surface area contributed by atoms with E-state index in [-0.39, 0.29) is 23.8 Å². The molecule has 0 aliphatic carbocycles. The largest absolute Gasteiger partial charge is 0.491 e. The molecule has 0 saturated heterocycles. The first-order chi connectivity index (χ1) is 14.4. The molecule has 156 valence electrons. The molecule has 3 rings (SSSR count). The number of hydrogen-bond donors (Lipinski definition) is 0. The van der Waals surface area contributed by atoms with Crippen molar-refractivity contribution >= 4 is 6.29 Å². The number of halogens is 3. The number of ether oxygens (including phenoxy) is 1. The van der Waals surface area contributed by atoms with Crippen LogP contribution < -0.4 is 4.74 Å². The molecule has 30 heavy (non-hydrogen) atoms. The lowest BCUT2D eigenvalue weighted by Crippen LogP contribution is -2.08. The number of aldehydes is 1. The van der Waals surface area contributed by atoms with Gasteiger partial charge in [0.1, 0.15) is 17.9 Å². The molecule has 0 aromatic heterocycles. The Balaban J connectivity index is 1.76. The Bertz CT molecular complexity index is 1050. The molecule has 0 radical (unpaired) electrons. The molecule has 0 bridgehead atoms. The summed E-state index contributed by atoms with van der Waals surface area (Å²) in [5.74, 6) is -2.02. The van der Waals surface area contributed by atoms with Gasteiger partial charge < -0.3 is 4.74 Å². The van der Waals surface area contributed by atoms with Gasteiger partial charge in [-0.25, -0.2) is 13.2 Å². The Morgan fingerprint density at radius 2 is 1.70 bits per heavy atom. The van der Waals surface area contributed by atoms with Crippen molar-refractivity contribution in [3.05, 3.63) is 99.9 Å². The normalized spacial score (nSPS) is 11.9. The van der Waals surface area contributed by atoms with E-state index in [4.69, 9.17) is 4.74 Å². The molecular weight excluding hydrogens is 389 g/mol. The van der Waals surface area contributed by atoms with Crippen molar-refractivity contribution in [3.63, 3.8) is 0 Å². The number of carbonyl (C=O) groups excluding carboxylic acids is 1. The number of carbonyl (C=O) groups is 1. The second-order valence-corrected chi connectivity index (χ2v) is 7.36. The van der Waals surface area contributed by atoms with E-state index in [2.05, 4.69) is 0 Å². The average Bonchev–Trinajstić information content (AvgIpc) is 2.72. The van der Waals surface area contributed by atoms with Gasteiger partial charge in [-0.1, -0.05) is 24.3 Å². The highest BCUT2D eigenvalue weighted by Gasteiger charge is 2.19. The molecule has 0 N–H and O–H groups in total. The topological polar surface area (TPSA) is 26.3 Å². The third kappa shape index (κ3) is 5.09. The molecule has 1 atom stereocenters. The number of benzene rings is 3. The molecule has 3 aromatic rings. The minimum Gasteiger partial charge on any atom is -0.491 e. The summed E-state index contributed by atoms with van der Waals surface area (Å²) < 4.78 is 47.4. The van der Waals surface area contributed by atoms with Gasteiger partial charge in [-0.3, -0.25) is 4.79 Å². The zero-order chi connectivity index (χ0) is 21.7. The van der Waals surface area contributed by atoms with Crippen LogP contribution >= 0.6 is 0 Å². The van der Waals surface area contributed by atoms with Crippen molar-refractivity contribution in [2.75, 3.05) is 6.61 Å². The van der Waals surface area contributed by atoms with Crippen LogP contribution in [0.3, 0.4) is 0 Å². The smallest absolute Gasteiger partial charge is 0.165 e. The summed E-state index contributed by atoms with van der Waals surface area (Å²) >= 11 is 0. The van der Waals surface area contributed by atoms with Gasteiger partial charge in [0.15, 0.2) is 11.6 Å². The van der Waals surface area contributed by atoms with E-state index in [0.717, 1.165) is 28.8 Å². The minimum absolute atomic E-state index is 0.0660. The van der Waals surface area contributed by atoms with E-state index in [1.165, 1.54) is 24.3 Å². The quantitative estimate of drug-likeness (QED) is 0.311. The van der Waals surface area contributed by atoms with Crippen LogP contribution in [0, 0.1) is 31.3 Å². The first kappa shape index (κ1) is 21.6. The summed E-state index contributed by atoms with van der Waals surface area (Å²) in [4.78, 5) is 10.7. The summed E-state index contributed by atoms with van der Waals surface area (Å²) in [6.07, 6.45) is 1.64. The Kier molecular flexibility index (Phi) is 6.93. The second kappa shape index (κ2) is 9.61. The lowest BCUT2D eigenvalue weighted by atomic mass is 9.86. The zero-order valence-electron chi connectivity index (χ0n) is 16.9. The van der Waals surface area contributed by atoms with Gasteiger partial charge in [0.05, 0.1) is 6.61 Å². The van der Waals surface area contributed by atoms with Crippen LogP contribution in [0.1, 0.15) is 51.4 Å². The van der Waals surface area contributed by atoms with E-state index in [1.54, 1.807) is 0 Å².